The van der Waals surface area contributed by atoms with Crippen molar-refractivity contribution in [3.63, 3.8) is 0 Å². The molecule has 0 aromatic carbocycles. The molecule has 0 bridgehead atoms. The van der Waals surface area contributed by atoms with E-state index in [1.807, 2.05) is 0 Å². The minimum atomic E-state index is 0.330. The highest BCUT2D eigenvalue weighted by molar-refractivity contribution is 4.81. The Labute approximate surface area is 81.1 Å². The first kappa shape index (κ1) is 12.4. The van der Waals surface area contributed by atoms with Gasteiger partial charge in [0.05, 0.1) is 12.5 Å². The molecule has 0 rings (SSSR count). The van der Waals surface area contributed by atoms with Gasteiger partial charge in [0.15, 0.2) is 0 Å². The Morgan fingerprint density at radius 2 is 2.23 bits per heavy atom. The van der Waals surface area contributed by atoms with E-state index in [-0.39, 0.29) is 0 Å². The monoisotopic (exact) mass is 184 g/mol. The molecule has 0 aliphatic carbocycles. The van der Waals surface area contributed by atoms with Crippen molar-refractivity contribution in [1.82, 2.24) is 5.32 Å². The average molecular weight is 184 g/mol. The molecule has 2 atom stereocenters. The van der Waals surface area contributed by atoms with E-state index in [9.17, 15) is 0 Å². The van der Waals surface area contributed by atoms with E-state index in [0.29, 0.717) is 18.5 Å². The van der Waals surface area contributed by atoms with Crippen molar-refractivity contribution in [3.05, 3.63) is 0 Å². The van der Waals surface area contributed by atoms with Crippen molar-refractivity contribution in [2.24, 2.45) is 0 Å². The summed E-state index contributed by atoms with van der Waals surface area (Å²) in [5.74, 6) is 0. The molecule has 0 amide bonds. The Balaban J connectivity index is 3.60. The maximum atomic E-state index is 8.54. The van der Waals surface area contributed by atoms with Crippen LogP contribution in [0.25, 0.3) is 0 Å². The van der Waals surface area contributed by atoms with Crippen LogP contribution in [0.4, 0.5) is 0 Å². The Kier molecular flexibility index (Phi) is 7.66. The van der Waals surface area contributed by atoms with E-state index in [1.54, 1.807) is 7.11 Å². The van der Waals surface area contributed by atoms with Gasteiger partial charge in [0.25, 0.3) is 0 Å². The Hall–Kier alpha value is -0.590. The summed E-state index contributed by atoms with van der Waals surface area (Å²) < 4.78 is 4.98. The summed E-state index contributed by atoms with van der Waals surface area (Å²) in [4.78, 5) is 0. The third kappa shape index (κ3) is 6.56. The predicted octanol–water partition coefficient (Wildman–Crippen LogP) is 1.69. The van der Waals surface area contributed by atoms with Crippen LogP contribution in [0.2, 0.25) is 0 Å². The molecule has 0 aromatic rings. The van der Waals surface area contributed by atoms with E-state index in [0.717, 1.165) is 19.4 Å². The molecule has 0 radical (unpaired) electrons. The van der Waals surface area contributed by atoms with Gasteiger partial charge in [0.1, 0.15) is 0 Å². The fourth-order valence-corrected chi connectivity index (χ4v) is 1.21. The number of nitrogens with one attached hydrogen (secondary N) is 1. The van der Waals surface area contributed by atoms with Crippen LogP contribution in [-0.2, 0) is 4.74 Å². The van der Waals surface area contributed by atoms with Gasteiger partial charge in [-0.25, -0.2) is 0 Å². The van der Waals surface area contributed by atoms with E-state index in [1.165, 1.54) is 0 Å². The van der Waals surface area contributed by atoms with Crippen molar-refractivity contribution in [2.45, 2.75) is 45.2 Å². The summed E-state index contributed by atoms with van der Waals surface area (Å²) in [6.45, 7) is 4.99. The number of rotatable bonds is 7. The largest absolute Gasteiger partial charge is 0.385 e. The lowest BCUT2D eigenvalue weighted by Gasteiger charge is -2.19. The van der Waals surface area contributed by atoms with Gasteiger partial charge in [-0.3, -0.25) is 0 Å². The normalized spacial score (nSPS) is 14.9. The molecule has 2 unspecified atom stereocenters. The van der Waals surface area contributed by atoms with E-state index >= 15 is 0 Å². The van der Waals surface area contributed by atoms with E-state index in [2.05, 4.69) is 25.2 Å². The number of methoxy groups -OCH3 is 1. The second-order valence-electron chi connectivity index (χ2n) is 3.32. The number of ether oxygens (including phenoxy) is 1. The van der Waals surface area contributed by atoms with Crippen molar-refractivity contribution >= 4 is 0 Å². The maximum Gasteiger partial charge on any atom is 0.0638 e. The summed E-state index contributed by atoms with van der Waals surface area (Å²) >= 11 is 0. The molecule has 1 N–H and O–H groups in total. The molecule has 0 aliphatic heterocycles. The van der Waals surface area contributed by atoms with Gasteiger partial charge >= 0.3 is 0 Å². The highest BCUT2D eigenvalue weighted by Gasteiger charge is 2.08. The van der Waals surface area contributed by atoms with Gasteiger partial charge in [0.2, 0.25) is 0 Å². The molecule has 76 valence electrons. The van der Waals surface area contributed by atoms with Gasteiger partial charge in [-0.15, -0.1) is 0 Å². The lowest BCUT2D eigenvalue weighted by molar-refractivity contribution is 0.182. The zero-order chi connectivity index (χ0) is 10.1. The second-order valence-corrected chi connectivity index (χ2v) is 3.32. The molecule has 0 aliphatic rings. The van der Waals surface area contributed by atoms with Gasteiger partial charge in [-0.2, -0.15) is 5.26 Å². The van der Waals surface area contributed by atoms with Gasteiger partial charge < -0.3 is 10.1 Å². The molecule has 3 nitrogen and oxygen atoms in total. The third-order valence-corrected chi connectivity index (χ3v) is 2.11. The summed E-state index contributed by atoms with van der Waals surface area (Å²) in [7, 11) is 1.71. The van der Waals surface area contributed by atoms with Crippen LogP contribution in [0, 0.1) is 11.3 Å². The van der Waals surface area contributed by atoms with Crippen LogP contribution in [-0.4, -0.2) is 25.8 Å². The molecular formula is C10H20N2O. The van der Waals surface area contributed by atoms with E-state index < -0.39 is 0 Å². The first-order valence-electron chi connectivity index (χ1n) is 4.86. The Bertz CT molecular complexity index is 153. The van der Waals surface area contributed by atoms with Crippen LogP contribution in [0.15, 0.2) is 0 Å². The number of nitrogens with zero attached hydrogens (tertiary/aromatic N) is 1. The molecule has 0 saturated carbocycles. The lowest BCUT2D eigenvalue weighted by Crippen LogP contribution is -2.36. The van der Waals surface area contributed by atoms with Gasteiger partial charge in [-0.05, 0) is 19.8 Å². The van der Waals surface area contributed by atoms with Crippen molar-refractivity contribution in [2.75, 3.05) is 13.7 Å². The molecule has 0 heterocycles. The third-order valence-electron chi connectivity index (χ3n) is 2.11. The predicted molar refractivity (Wildman–Crippen MR) is 53.4 cm³/mol. The van der Waals surface area contributed by atoms with Gasteiger partial charge in [-0.1, -0.05) is 6.92 Å². The number of hydrogen-bond acceptors (Lipinski definition) is 3. The van der Waals surface area contributed by atoms with Crippen molar-refractivity contribution < 1.29 is 4.74 Å². The molecular weight excluding hydrogens is 164 g/mol. The first-order chi connectivity index (χ1) is 6.24. The number of nitriles is 1. The van der Waals surface area contributed by atoms with Crippen molar-refractivity contribution in [1.29, 1.82) is 5.26 Å². The average Bonchev–Trinajstić information content (AvgIpc) is 2.14. The summed E-state index contributed by atoms with van der Waals surface area (Å²) in [5, 5.41) is 11.9. The first-order valence-corrected chi connectivity index (χ1v) is 4.86. The molecule has 0 aromatic heterocycles. The Morgan fingerprint density at radius 1 is 1.54 bits per heavy atom. The summed E-state index contributed by atoms with van der Waals surface area (Å²) in [5.41, 5.74) is 0. The Morgan fingerprint density at radius 3 is 2.69 bits per heavy atom. The van der Waals surface area contributed by atoms with Crippen LogP contribution < -0.4 is 5.32 Å². The van der Waals surface area contributed by atoms with E-state index in [4.69, 9.17) is 10.00 Å². The quantitative estimate of drug-likeness (QED) is 0.655. The molecule has 0 fully saturated rings. The van der Waals surface area contributed by atoms with Crippen LogP contribution >= 0.6 is 0 Å². The molecule has 0 spiro atoms. The second kappa shape index (κ2) is 8.03. The maximum absolute atomic E-state index is 8.54. The zero-order valence-corrected chi connectivity index (χ0v) is 8.84. The minimum absolute atomic E-state index is 0.330. The highest BCUT2D eigenvalue weighted by Crippen LogP contribution is 2.00. The van der Waals surface area contributed by atoms with Crippen LogP contribution in [0.1, 0.15) is 33.1 Å². The standard InChI is InChI=1S/C10H20N2O/c1-4-10(5-7-11)12-9(2)6-8-13-3/h9-10,12H,4-6,8H2,1-3H3. The summed E-state index contributed by atoms with van der Waals surface area (Å²) in [6, 6.07) is 2.95. The lowest BCUT2D eigenvalue weighted by atomic mass is 10.1. The fourth-order valence-electron chi connectivity index (χ4n) is 1.21. The van der Waals surface area contributed by atoms with Crippen LogP contribution in [0.3, 0.4) is 0 Å². The molecule has 3 heteroatoms. The molecule has 0 saturated heterocycles. The summed E-state index contributed by atoms with van der Waals surface area (Å²) in [6.07, 6.45) is 2.59. The zero-order valence-electron chi connectivity index (χ0n) is 8.84. The van der Waals surface area contributed by atoms with Crippen molar-refractivity contribution in [3.8, 4) is 6.07 Å². The highest BCUT2D eigenvalue weighted by atomic mass is 16.5. The SMILES string of the molecule is CCC(CC#N)NC(C)CCOC. The fraction of sp³-hybridized carbons (Fsp3) is 0.900. The minimum Gasteiger partial charge on any atom is -0.385 e. The van der Waals surface area contributed by atoms with Gasteiger partial charge in [0, 0.05) is 25.8 Å². The number of hydrogen-bond donors (Lipinski definition) is 1. The van der Waals surface area contributed by atoms with Crippen LogP contribution in [0.5, 0.6) is 0 Å². The smallest absolute Gasteiger partial charge is 0.0638 e. The topological polar surface area (TPSA) is 45.0 Å². The molecule has 13 heavy (non-hydrogen) atoms.